The molecule has 0 saturated carbocycles. The first-order chi connectivity index (χ1) is 9.60. The van der Waals surface area contributed by atoms with Crippen molar-refractivity contribution in [2.45, 2.75) is 20.0 Å². The van der Waals surface area contributed by atoms with E-state index in [1.807, 2.05) is 25.1 Å². The number of aliphatic hydroxyl groups is 1. The lowest BCUT2D eigenvalue weighted by molar-refractivity contribution is -0.125. The molecule has 1 N–H and O–H groups in total. The molecule has 1 unspecified atom stereocenters. The highest BCUT2D eigenvalue weighted by atomic mass is 16.5. The van der Waals surface area contributed by atoms with Crippen molar-refractivity contribution in [1.82, 2.24) is 0 Å². The summed E-state index contributed by atoms with van der Waals surface area (Å²) < 4.78 is 5.39. The van der Waals surface area contributed by atoms with E-state index in [0.29, 0.717) is 18.8 Å². The Kier molecular flexibility index (Phi) is 4.62. The van der Waals surface area contributed by atoms with Crippen molar-refractivity contribution in [3.05, 3.63) is 23.8 Å². The van der Waals surface area contributed by atoms with Crippen molar-refractivity contribution >= 4 is 17.3 Å². The molecular weight excluding hydrogens is 256 g/mol. The van der Waals surface area contributed by atoms with Crippen LogP contribution in [0.15, 0.2) is 18.2 Å². The second kappa shape index (κ2) is 6.24. The summed E-state index contributed by atoms with van der Waals surface area (Å²) >= 11 is 0. The van der Waals surface area contributed by atoms with Crippen LogP contribution in [-0.2, 0) is 9.53 Å². The molecule has 1 aliphatic heterocycles. The normalized spacial score (nSPS) is 17.5. The molecule has 0 fully saturated rings. The molecule has 1 atom stereocenters. The molecule has 0 bridgehead atoms. The van der Waals surface area contributed by atoms with Gasteiger partial charge < -0.3 is 19.6 Å². The van der Waals surface area contributed by atoms with Crippen LogP contribution in [-0.4, -0.2) is 44.4 Å². The molecule has 1 aromatic carbocycles. The van der Waals surface area contributed by atoms with Crippen molar-refractivity contribution in [3.63, 3.8) is 0 Å². The fourth-order valence-electron chi connectivity index (χ4n) is 2.47. The third-order valence-corrected chi connectivity index (χ3v) is 3.69. The van der Waals surface area contributed by atoms with E-state index >= 15 is 0 Å². The first kappa shape index (κ1) is 14.8. The van der Waals surface area contributed by atoms with Crippen LogP contribution < -0.4 is 9.80 Å². The van der Waals surface area contributed by atoms with Crippen molar-refractivity contribution in [3.8, 4) is 0 Å². The lowest BCUT2D eigenvalue weighted by atomic mass is 10.1. The molecule has 20 heavy (non-hydrogen) atoms. The van der Waals surface area contributed by atoms with Gasteiger partial charge in [-0.2, -0.15) is 0 Å². The third kappa shape index (κ3) is 2.64. The zero-order valence-electron chi connectivity index (χ0n) is 12.3. The summed E-state index contributed by atoms with van der Waals surface area (Å²) in [7, 11) is 1.69. The van der Waals surface area contributed by atoms with Gasteiger partial charge in [0.1, 0.15) is 0 Å². The minimum Gasteiger partial charge on any atom is -0.380 e. The number of carbonyl (C=O) groups is 1. The molecule has 0 saturated heterocycles. The van der Waals surface area contributed by atoms with Gasteiger partial charge in [0.15, 0.2) is 6.10 Å². The predicted molar refractivity (Wildman–Crippen MR) is 79.2 cm³/mol. The lowest BCUT2D eigenvalue weighted by Gasteiger charge is -2.24. The minimum atomic E-state index is -1.03. The maximum atomic E-state index is 11.8. The van der Waals surface area contributed by atoms with Crippen molar-refractivity contribution in [2.75, 3.05) is 43.2 Å². The fraction of sp³-hybridized carbons (Fsp3) is 0.533. The number of anilines is 2. The quantitative estimate of drug-likeness (QED) is 0.802. The van der Waals surface area contributed by atoms with Crippen molar-refractivity contribution in [2.24, 2.45) is 0 Å². The number of benzene rings is 1. The Morgan fingerprint density at radius 3 is 2.80 bits per heavy atom. The van der Waals surface area contributed by atoms with E-state index in [9.17, 15) is 9.90 Å². The molecule has 1 amide bonds. The van der Waals surface area contributed by atoms with E-state index in [1.54, 1.807) is 7.05 Å². The SMILES string of the molecule is CCOCCN(CC)c1ccc2c(c1)N(C)C(=O)C2O. The molecule has 1 aliphatic rings. The summed E-state index contributed by atoms with van der Waals surface area (Å²) in [6.07, 6.45) is -1.03. The second-order valence-corrected chi connectivity index (χ2v) is 4.82. The largest absolute Gasteiger partial charge is 0.380 e. The molecule has 1 heterocycles. The van der Waals surface area contributed by atoms with E-state index in [0.717, 1.165) is 24.5 Å². The molecule has 110 valence electrons. The van der Waals surface area contributed by atoms with Crippen molar-refractivity contribution in [1.29, 1.82) is 0 Å². The summed E-state index contributed by atoms with van der Waals surface area (Å²) in [6.45, 7) is 7.13. The number of nitrogens with zero attached hydrogens (tertiary/aromatic N) is 2. The molecular formula is C15H22N2O3. The Morgan fingerprint density at radius 2 is 2.15 bits per heavy atom. The van der Waals surface area contributed by atoms with E-state index in [2.05, 4.69) is 11.8 Å². The van der Waals surface area contributed by atoms with Gasteiger partial charge in [0.2, 0.25) is 0 Å². The Balaban J connectivity index is 2.20. The smallest absolute Gasteiger partial charge is 0.260 e. The van der Waals surface area contributed by atoms with Crippen LogP contribution in [0.25, 0.3) is 0 Å². The zero-order valence-corrected chi connectivity index (χ0v) is 12.3. The maximum Gasteiger partial charge on any atom is 0.260 e. The lowest BCUT2D eigenvalue weighted by Crippen LogP contribution is -2.27. The summed E-state index contributed by atoms with van der Waals surface area (Å²) in [4.78, 5) is 15.5. The topological polar surface area (TPSA) is 53.0 Å². The number of rotatable bonds is 6. The standard InChI is InChI=1S/C15H22N2O3/c1-4-17(8-9-20-5-2)11-6-7-12-13(10-11)16(3)15(19)14(12)18/h6-7,10,14,18H,4-5,8-9H2,1-3H3. The van der Waals surface area contributed by atoms with E-state index in [4.69, 9.17) is 4.74 Å². The first-order valence-corrected chi connectivity index (χ1v) is 7.02. The number of amides is 1. The van der Waals surface area contributed by atoms with Crippen LogP contribution >= 0.6 is 0 Å². The summed E-state index contributed by atoms with van der Waals surface area (Å²) in [5.74, 6) is -0.269. The summed E-state index contributed by atoms with van der Waals surface area (Å²) in [6, 6.07) is 5.74. The number of hydrogen-bond donors (Lipinski definition) is 1. The molecule has 0 aromatic heterocycles. The average molecular weight is 278 g/mol. The summed E-state index contributed by atoms with van der Waals surface area (Å²) in [5.41, 5.74) is 2.51. The Morgan fingerprint density at radius 1 is 1.40 bits per heavy atom. The predicted octanol–water partition coefficient (Wildman–Crippen LogP) is 1.56. The number of likely N-dealkylation sites (N-methyl/N-ethyl adjacent to an activating group) is 2. The summed E-state index contributed by atoms with van der Waals surface area (Å²) in [5, 5.41) is 9.86. The van der Waals surface area contributed by atoms with Gasteiger partial charge in [-0.05, 0) is 26.0 Å². The average Bonchev–Trinajstić information content (AvgIpc) is 2.68. The monoisotopic (exact) mass is 278 g/mol. The molecule has 5 heteroatoms. The van der Waals surface area contributed by atoms with E-state index < -0.39 is 6.10 Å². The number of fused-ring (bicyclic) bond motifs is 1. The van der Waals surface area contributed by atoms with Crippen molar-refractivity contribution < 1.29 is 14.6 Å². The van der Waals surface area contributed by atoms with Gasteiger partial charge in [-0.25, -0.2) is 0 Å². The van der Waals surface area contributed by atoms with Gasteiger partial charge in [0.25, 0.3) is 5.91 Å². The third-order valence-electron chi connectivity index (χ3n) is 3.69. The van der Waals surface area contributed by atoms with E-state index in [1.165, 1.54) is 4.90 Å². The molecule has 0 aliphatic carbocycles. The molecule has 1 aromatic rings. The fourth-order valence-corrected chi connectivity index (χ4v) is 2.47. The van der Waals surface area contributed by atoms with Crippen LogP contribution in [0.1, 0.15) is 25.5 Å². The second-order valence-electron chi connectivity index (χ2n) is 4.82. The maximum absolute atomic E-state index is 11.8. The zero-order chi connectivity index (χ0) is 14.7. The molecule has 0 spiro atoms. The van der Waals surface area contributed by atoms with E-state index in [-0.39, 0.29) is 5.91 Å². The highest BCUT2D eigenvalue weighted by Crippen LogP contribution is 2.37. The van der Waals surface area contributed by atoms with Gasteiger partial charge in [-0.1, -0.05) is 6.07 Å². The van der Waals surface area contributed by atoms with Crippen LogP contribution in [0.5, 0.6) is 0 Å². The Bertz CT molecular complexity index is 490. The highest BCUT2D eigenvalue weighted by Gasteiger charge is 2.33. The van der Waals surface area contributed by atoms with Gasteiger partial charge in [-0.15, -0.1) is 0 Å². The Labute approximate surface area is 119 Å². The van der Waals surface area contributed by atoms with Gasteiger partial charge in [-0.3, -0.25) is 4.79 Å². The molecule has 5 nitrogen and oxygen atoms in total. The number of hydrogen-bond acceptors (Lipinski definition) is 4. The first-order valence-electron chi connectivity index (χ1n) is 7.02. The van der Waals surface area contributed by atoms with Crippen LogP contribution in [0.4, 0.5) is 11.4 Å². The number of ether oxygens (including phenoxy) is 1. The van der Waals surface area contributed by atoms with Crippen LogP contribution in [0.3, 0.4) is 0 Å². The minimum absolute atomic E-state index is 0.269. The van der Waals surface area contributed by atoms with Gasteiger partial charge in [0, 0.05) is 38.0 Å². The molecule has 2 rings (SSSR count). The highest BCUT2D eigenvalue weighted by molar-refractivity contribution is 6.03. The van der Waals surface area contributed by atoms with Gasteiger partial charge >= 0.3 is 0 Å². The number of aliphatic hydroxyl groups excluding tert-OH is 1. The number of carbonyl (C=O) groups excluding carboxylic acids is 1. The Hall–Kier alpha value is -1.59. The molecule has 0 radical (unpaired) electrons. The van der Waals surface area contributed by atoms with Crippen LogP contribution in [0.2, 0.25) is 0 Å². The van der Waals surface area contributed by atoms with Crippen LogP contribution in [0, 0.1) is 0 Å². The van der Waals surface area contributed by atoms with Gasteiger partial charge in [0.05, 0.1) is 12.3 Å².